The van der Waals surface area contributed by atoms with Crippen molar-refractivity contribution in [1.29, 1.82) is 0 Å². The Morgan fingerprint density at radius 3 is 1.22 bits per heavy atom. The fourth-order valence-electron chi connectivity index (χ4n) is 3.66. The third kappa shape index (κ3) is 3.31. The zero-order valence-corrected chi connectivity index (χ0v) is 16.1. The van der Waals surface area contributed by atoms with Gasteiger partial charge in [0.1, 0.15) is 7.14 Å². The lowest BCUT2D eigenvalue weighted by atomic mass is 10.0. The summed E-state index contributed by atoms with van der Waals surface area (Å²) in [7, 11) is -2.64. The Morgan fingerprint density at radius 1 is 0.652 bits per heavy atom. The normalized spacial score (nSPS) is 13.3. The van der Waals surface area contributed by atoms with Crippen molar-refractivity contribution in [2.75, 3.05) is 0 Å². The maximum absolute atomic E-state index is 14.6. The maximum atomic E-state index is 14.6. The van der Waals surface area contributed by atoms with Crippen molar-refractivity contribution in [2.45, 2.75) is 57.5 Å². The number of hydrogen-bond acceptors (Lipinski definition) is 1. The highest BCUT2D eigenvalue weighted by atomic mass is 31.2. The molecule has 2 heteroatoms. The van der Waals surface area contributed by atoms with Crippen molar-refractivity contribution < 1.29 is 4.57 Å². The first-order chi connectivity index (χ1) is 10.6. The van der Waals surface area contributed by atoms with Gasteiger partial charge in [0.2, 0.25) is 0 Å². The Bertz CT molecular complexity index is 618. The fraction of sp³-hybridized carbons (Fsp3) is 0.429. The molecule has 1 nitrogen and oxygen atoms in total. The molecule has 0 aliphatic rings. The topological polar surface area (TPSA) is 17.1 Å². The van der Waals surface area contributed by atoms with Crippen molar-refractivity contribution in [3.05, 3.63) is 71.8 Å². The van der Waals surface area contributed by atoms with Gasteiger partial charge in [0.15, 0.2) is 0 Å². The molecule has 0 unspecified atom stereocenters. The highest BCUT2D eigenvalue weighted by molar-refractivity contribution is 7.67. The quantitative estimate of drug-likeness (QED) is 0.570. The molecular weight excluding hydrogens is 299 g/mol. The summed E-state index contributed by atoms with van der Waals surface area (Å²) < 4.78 is 14.6. The predicted octanol–water partition coefficient (Wildman–Crippen LogP) is 6.74. The second-order valence-electron chi connectivity index (χ2n) is 8.22. The number of hydrogen-bond donors (Lipinski definition) is 0. The summed E-state index contributed by atoms with van der Waals surface area (Å²) in [5, 5.41) is -0.552. The molecular formula is C21H29OP. The molecule has 2 aromatic rings. The molecule has 0 fully saturated rings. The van der Waals surface area contributed by atoms with E-state index in [9.17, 15) is 4.57 Å². The van der Waals surface area contributed by atoms with E-state index < -0.39 is 7.14 Å². The summed E-state index contributed by atoms with van der Waals surface area (Å²) in [6, 6.07) is 20.7. The van der Waals surface area contributed by atoms with Crippen LogP contribution in [0.15, 0.2) is 60.7 Å². The van der Waals surface area contributed by atoms with Crippen LogP contribution in [0.1, 0.15) is 58.3 Å². The van der Waals surface area contributed by atoms with Crippen molar-refractivity contribution in [3.63, 3.8) is 0 Å². The molecule has 0 N–H and O–H groups in total. The van der Waals surface area contributed by atoms with Crippen molar-refractivity contribution in [1.82, 2.24) is 0 Å². The van der Waals surface area contributed by atoms with E-state index >= 15 is 0 Å². The van der Waals surface area contributed by atoms with Crippen molar-refractivity contribution in [2.24, 2.45) is 0 Å². The minimum Gasteiger partial charge on any atom is -0.321 e. The molecule has 0 heterocycles. The van der Waals surface area contributed by atoms with Gasteiger partial charge in [0, 0.05) is 10.3 Å². The van der Waals surface area contributed by atoms with Crippen LogP contribution in [0.25, 0.3) is 0 Å². The first kappa shape index (κ1) is 18.0. The van der Waals surface area contributed by atoms with Gasteiger partial charge in [-0.15, -0.1) is 0 Å². The lowest BCUT2D eigenvalue weighted by Crippen LogP contribution is -2.32. The van der Waals surface area contributed by atoms with Crippen LogP contribution in [0.2, 0.25) is 0 Å². The van der Waals surface area contributed by atoms with Crippen LogP contribution in [0, 0.1) is 0 Å². The molecule has 124 valence electrons. The Balaban J connectivity index is 2.78. The molecule has 2 rings (SSSR count). The lowest BCUT2D eigenvalue weighted by molar-refractivity contribution is 0.510. The van der Waals surface area contributed by atoms with E-state index in [1.807, 2.05) is 36.4 Å². The average Bonchev–Trinajstić information content (AvgIpc) is 2.47. The van der Waals surface area contributed by atoms with E-state index in [1.54, 1.807) is 0 Å². The van der Waals surface area contributed by atoms with E-state index in [4.69, 9.17) is 0 Å². The van der Waals surface area contributed by atoms with E-state index in [-0.39, 0.29) is 16.0 Å². The van der Waals surface area contributed by atoms with Crippen molar-refractivity contribution in [3.8, 4) is 0 Å². The van der Waals surface area contributed by atoms with E-state index in [1.165, 1.54) is 0 Å². The van der Waals surface area contributed by atoms with Crippen molar-refractivity contribution >= 4 is 7.14 Å². The summed E-state index contributed by atoms with van der Waals surface area (Å²) in [5.41, 5.74) is 2.21. The van der Waals surface area contributed by atoms with Crippen LogP contribution in [-0.4, -0.2) is 10.3 Å². The number of benzene rings is 2. The minimum absolute atomic E-state index is 0.0788. The summed E-state index contributed by atoms with van der Waals surface area (Å²) in [4.78, 5) is 0. The maximum Gasteiger partial charge on any atom is 0.109 e. The van der Waals surface area contributed by atoms with Crippen LogP contribution >= 0.6 is 7.14 Å². The zero-order chi connectivity index (χ0) is 17.3. The summed E-state index contributed by atoms with van der Waals surface area (Å²) in [5.74, 6) is 0. The first-order valence-electron chi connectivity index (χ1n) is 8.29. The van der Waals surface area contributed by atoms with Gasteiger partial charge in [-0.05, 0) is 11.1 Å². The molecule has 0 saturated carbocycles. The number of rotatable bonds is 3. The minimum atomic E-state index is -2.64. The molecule has 23 heavy (non-hydrogen) atoms. The Kier molecular flexibility index (Phi) is 4.92. The molecule has 0 aromatic heterocycles. The molecule has 0 spiro atoms. The molecule has 0 saturated heterocycles. The standard InChI is InChI=1S/C21H29OP/c1-20(2,3)23(22,21(4,5)6)19(17-13-9-7-10-14-17)18-15-11-8-12-16-18/h7-16,19H,1-6H3. The third-order valence-electron chi connectivity index (χ3n) is 4.59. The van der Waals surface area contributed by atoms with Crippen LogP contribution in [0.5, 0.6) is 0 Å². The Labute approximate surface area is 141 Å². The highest BCUT2D eigenvalue weighted by Crippen LogP contribution is 2.76. The molecule has 0 aliphatic carbocycles. The summed E-state index contributed by atoms with van der Waals surface area (Å²) in [6.45, 7) is 12.7. The third-order valence-corrected chi connectivity index (χ3v) is 9.90. The van der Waals surface area contributed by atoms with E-state index in [2.05, 4.69) is 65.8 Å². The van der Waals surface area contributed by atoms with Crippen LogP contribution < -0.4 is 0 Å². The molecule has 0 atom stereocenters. The van der Waals surface area contributed by atoms with Gasteiger partial charge < -0.3 is 4.57 Å². The van der Waals surface area contributed by atoms with E-state index in [0.29, 0.717) is 0 Å². The highest BCUT2D eigenvalue weighted by Gasteiger charge is 2.52. The fourth-order valence-corrected chi connectivity index (χ4v) is 8.41. The van der Waals surface area contributed by atoms with Gasteiger partial charge >= 0.3 is 0 Å². The molecule has 2 aromatic carbocycles. The van der Waals surface area contributed by atoms with Gasteiger partial charge in [-0.3, -0.25) is 0 Å². The lowest BCUT2D eigenvalue weighted by Gasteiger charge is -2.46. The van der Waals surface area contributed by atoms with Gasteiger partial charge in [0.25, 0.3) is 0 Å². The second-order valence-corrected chi connectivity index (χ2v) is 12.7. The largest absolute Gasteiger partial charge is 0.321 e. The van der Waals surface area contributed by atoms with E-state index in [0.717, 1.165) is 11.1 Å². The Morgan fingerprint density at radius 2 is 0.957 bits per heavy atom. The first-order valence-corrected chi connectivity index (χ1v) is 10.1. The van der Waals surface area contributed by atoms with Gasteiger partial charge in [-0.2, -0.15) is 0 Å². The zero-order valence-electron chi connectivity index (χ0n) is 15.2. The summed E-state index contributed by atoms with van der Waals surface area (Å²) in [6.07, 6.45) is 0. The average molecular weight is 328 g/mol. The molecule has 0 bridgehead atoms. The van der Waals surface area contributed by atoms with Gasteiger partial charge in [-0.1, -0.05) is 102 Å². The van der Waals surface area contributed by atoms with Gasteiger partial charge in [0.05, 0.1) is 5.66 Å². The smallest absolute Gasteiger partial charge is 0.109 e. The summed E-state index contributed by atoms with van der Waals surface area (Å²) >= 11 is 0. The molecule has 0 radical (unpaired) electrons. The monoisotopic (exact) mass is 328 g/mol. The second kappa shape index (κ2) is 6.29. The van der Waals surface area contributed by atoms with Crippen LogP contribution in [0.3, 0.4) is 0 Å². The molecule has 0 amide bonds. The SMILES string of the molecule is CC(C)(C)P(=O)(C(c1ccccc1)c1ccccc1)C(C)(C)C. The molecule has 0 aliphatic heterocycles. The van der Waals surface area contributed by atoms with Crippen LogP contribution in [0.4, 0.5) is 0 Å². The predicted molar refractivity (Wildman–Crippen MR) is 102 cm³/mol. The van der Waals surface area contributed by atoms with Gasteiger partial charge in [-0.25, -0.2) is 0 Å². The van der Waals surface area contributed by atoms with Crippen LogP contribution in [-0.2, 0) is 4.57 Å². The Hall–Kier alpha value is -1.33.